The normalized spacial score (nSPS) is 26.2. The Morgan fingerprint density at radius 2 is 2.32 bits per heavy atom. The maximum atomic E-state index is 12.7. The summed E-state index contributed by atoms with van der Waals surface area (Å²) in [5, 5.41) is 18.2. The molecule has 0 radical (unpaired) electrons. The molecule has 1 unspecified atom stereocenters. The number of aromatic nitrogens is 3. The Morgan fingerprint density at radius 3 is 3.04 bits per heavy atom. The number of nitrogens with zero attached hydrogens (tertiary/aromatic N) is 5. The zero-order valence-electron chi connectivity index (χ0n) is 16.2. The number of phenols is 1. The van der Waals surface area contributed by atoms with Gasteiger partial charge in [0.1, 0.15) is 11.4 Å². The molecule has 1 aromatic heterocycles. The lowest BCUT2D eigenvalue weighted by Gasteiger charge is -2.49. The van der Waals surface area contributed by atoms with Crippen LogP contribution in [0, 0.1) is 11.8 Å². The molecule has 3 aliphatic heterocycles. The van der Waals surface area contributed by atoms with Gasteiger partial charge in [-0.2, -0.15) is 0 Å². The van der Waals surface area contributed by atoms with Gasteiger partial charge < -0.3 is 10.0 Å². The average molecular weight is 381 g/mol. The molecule has 1 N–H and O–H groups in total. The zero-order chi connectivity index (χ0) is 19.7. The second kappa shape index (κ2) is 7.75. The number of phenolic OH excluding ortho intramolecular Hbond substituents is 1. The maximum Gasteiger partial charge on any atom is 0.227 e. The summed E-state index contributed by atoms with van der Waals surface area (Å²) in [4.78, 5) is 16.9. The van der Waals surface area contributed by atoms with Gasteiger partial charge in [0.15, 0.2) is 0 Å². The molecule has 3 aliphatic rings. The van der Waals surface area contributed by atoms with E-state index in [0.717, 1.165) is 43.7 Å². The standard InChI is InChI=1S/C21H27N5O2/c1-3-8-24(2)21(28)19-13-25-9-7-15(19)10-17(25)12-26-14-20(22-23-26)16-5-4-6-18(27)11-16/h3-6,11,14-15,17,19,27H,1,7-10,12-13H2,2H3/t15-,17-,19+/m1/s1. The van der Waals surface area contributed by atoms with Gasteiger partial charge in [-0.1, -0.05) is 23.4 Å². The molecule has 3 fully saturated rings. The second-order valence-electron chi connectivity index (χ2n) is 7.92. The lowest BCUT2D eigenvalue weighted by Crippen LogP contribution is -2.58. The Balaban J connectivity index is 1.41. The number of amides is 1. The predicted octanol–water partition coefficient (Wildman–Crippen LogP) is 2.01. The van der Waals surface area contributed by atoms with Crippen LogP contribution in [0.5, 0.6) is 5.75 Å². The molecule has 148 valence electrons. The van der Waals surface area contributed by atoms with Crippen LogP contribution in [0.1, 0.15) is 12.8 Å². The summed E-state index contributed by atoms with van der Waals surface area (Å²) in [6, 6.07) is 7.43. The van der Waals surface area contributed by atoms with Crippen LogP contribution in [-0.4, -0.2) is 68.5 Å². The first-order valence-corrected chi connectivity index (χ1v) is 9.84. The molecule has 0 saturated carbocycles. The minimum atomic E-state index is 0.0913. The van der Waals surface area contributed by atoms with Crippen LogP contribution in [-0.2, 0) is 11.3 Å². The van der Waals surface area contributed by atoms with Crippen molar-refractivity contribution in [2.24, 2.45) is 11.8 Å². The zero-order valence-corrected chi connectivity index (χ0v) is 16.2. The van der Waals surface area contributed by atoms with E-state index >= 15 is 0 Å². The van der Waals surface area contributed by atoms with Crippen LogP contribution < -0.4 is 0 Å². The third-order valence-electron chi connectivity index (χ3n) is 6.05. The van der Waals surface area contributed by atoms with E-state index in [1.165, 1.54) is 0 Å². The molecular formula is C21H27N5O2. The van der Waals surface area contributed by atoms with Crippen molar-refractivity contribution >= 4 is 5.91 Å². The molecule has 7 nitrogen and oxygen atoms in total. The van der Waals surface area contributed by atoms with Crippen LogP contribution in [0.4, 0.5) is 0 Å². The quantitative estimate of drug-likeness (QED) is 0.775. The topological polar surface area (TPSA) is 74.5 Å². The van der Waals surface area contributed by atoms with Gasteiger partial charge in [0, 0.05) is 31.7 Å². The summed E-state index contributed by atoms with van der Waals surface area (Å²) in [6.45, 7) is 6.96. The van der Waals surface area contributed by atoms with E-state index in [0.29, 0.717) is 18.5 Å². The van der Waals surface area contributed by atoms with E-state index in [4.69, 9.17) is 0 Å². The summed E-state index contributed by atoms with van der Waals surface area (Å²) in [6.07, 6.45) is 5.80. The van der Waals surface area contributed by atoms with Crippen LogP contribution >= 0.6 is 0 Å². The van der Waals surface area contributed by atoms with Gasteiger partial charge in [0.2, 0.25) is 5.91 Å². The van der Waals surface area contributed by atoms with Gasteiger partial charge in [-0.25, -0.2) is 0 Å². The monoisotopic (exact) mass is 381 g/mol. The van der Waals surface area contributed by atoms with Crippen molar-refractivity contribution in [2.75, 3.05) is 26.7 Å². The van der Waals surface area contributed by atoms with Crippen LogP contribution in [0.3, 0.4) is 0 Å². The Labute approximate surface area is 165 Å². The fraction of sp³-hybridized carbons (Fsp3) is 0.476. The molecule has 5 rings (SSSR count). The Kier molecular flexibility index (Phi) is 5.17. The maximum absolute atomic E-state index is 12.7. The number of hydrogen-bond donors (Lipinski definition) is 1. The molecule has 4 heterocycles. The van der Waals surface area contributed by atoms with Gasteiger partial charge in [0.05, 0.1) is 18.7 Å². The molecule has 0 aliphatic carbocycles. The number of hydrogen-bond acceptors (Lipinski definition) is 5. The third kappa shape index (κ3) is 3.67. The smallest absolute Gasteiger partial charge is 0.227 e. The lowest BCUT2D eigenvalue weighted by atomic mass is 9.75. The summed E-state index contributed by atoms with van der Waals surface area (Å²) in [5.74, 6) is 0.984. The number of piperidine rings is 3. The van der Waals surface area contributed by atoms with Gasteiger partial charge in [-0.05, 0) is 37.4 Å². The minimum absolute atomic E-state index is 0.0913. The molecule has 28 heavy (non-hydrogen) atoms. The molecule has 4 atom stereocenters. The highest BCUT2D eigenvalue weighted by Gasteiger charge is 2.44. The van der Waals surface area contributed by atoms with Crippen LogP contribution in [0.15, 0.2) is 43.1 Å². The molecule has 7 heteroatoms. The Morgan fingerprint density at radius 1 is 1.46 bits per heavy atom. The van der Waals surface area contributed by atoms with Crippen molar-refractivity contribution in [3.8, 4) is 17.0 Å². The fourth-order valence-corrected chi connectivity index (χ4v) is 4.58. The first-order chi connectivity index (χ1) is 13.5. The van der Waals surface area contributed by atoms with E-state index < -0.39 is 0 Å². The summed E-state index contributed by atoms with van der Waals surface area (Å²) < 4.78 is 1.88. The number of rotatable bonds is 6. The average Bonchev–Trinajstić information content (AvgIpc) is 3.16. The van der Waals surface area contributed by atoms with Crippen molar-refractivity contribution in [2.45, 2.75) is 25.4 Å². The van der Waals surface area contributed by atoms with Gasteiger partial charge in [-0.3, -0.25) is 14.4 Å². The molecule has 3 saturated heterocycles. The van der Waals surface area contributed by atoms with E-state index in [1.807, 2.05) is 24.0 Å². The van der Waals surface area contributed by atoms with Gasteiger partial charge >= 0.3 is 0 Å². The van der Waals surface area contributed by atoms with E-state index in [-0.39, 0.29) is 17.6 Å². The number of carbonyl (C=O) groups is 1. The molecule has 0 spiro atoms. The van der Waals surface area contributed by atoms with E-state index in [2.05, 4.69) is 21.8 Å². The minimum Gasteiger partial charge on any atom is -0.508 e. The molecule has 2 aromatic rings. The lowest BCUT2D eigenvalue weighted by molar-refractivity contribution is -0.142. The summed E-state index contributed by atoms with van der Waals surface area (Å²) >= 11 is 0. The van der Waals surface area contributed by atoms with Crippen molar-refractivity contribution in [3.63, 3.8) is 0 Å². The van der Waals surface area contributed by atoms with Crippen molar-refractivity contribution in [1.82, 2.24) is 24.8 Å². The molecule has 1 aromatic carbocycles. The predicted molar refractivity (Wildman–Crippen MR) is 107 cm³/mol. The molecule has 2 bridgehead atoms. The number of aromatic hydroxyl groups is 1. The Bertz CT molecular complexity index is 864. The van der Waals surface area contributed by atoms with Crippen molar-refractivity contribution < 1.29 is 9.90 Å². The van der Waals surface area contributed by atoms with E-state index in [1.54, 1.807) is 29.2 Å². The highest BCUT2D eigenvalue weighted by molar-refractivity contribution is 5.79. The van der Waals surface area contributed by atoms with Gasteiger partial charge in [-0.15, -0.1) is 11.7 Å². The molecule has 1 amide bonds. The highest BCUT2D eigenvalue weighted by atomic mass is 16.3. The molecular weight excluding hydrogens is 354 g/mol. The summed E-state index contributed by atoms with van der Waals surface area (Å²) in [5.41, 5.74) is 1.61. The number of benzene rings is 1. The largest absolute Gasteiger partial charge is 0.508 e. The third-order valence-corrected chi connectivity index (χ3v) is 6.05. The first kappa shape index (κ1) is 18.7. The number of likely N-dealkylation sites (N-methyl/N-ethyl adjacent to an activating group) is 1. The van der Waals surface area contributed by atoms with Crippen molar-refractivity contribution in [3.05, 3.63) is 43.1 Å². The first-order valence-electron chi connectivity index (χ1n) is 9.84. The van der Waals surface area contributed by atoms with Crippen LogP contribution in [0.25, 0.3) is 11.3 Å². The summed E-state index contributed by atoms with van der Waals surface area (Å²) in [7, 11) is 1.86. The Hall–Kier alpha value is -2.67. The van der Waals surface area contributed by atoms with E-state index in [9.17, 15) is 9.90 Å². The number of fused-ring (bicyclic) bond motifs is 3. The highest BCUT2D eigenvalue weighted by Crippen LogP contribution is 2.37. The van der Waals surface area contributed by atoms with Crippen LogP contribution in [0.2, 0.25) is 0 Å². The number of carbonyl (C=O) groups excluding carboxylic acids is 1. The SMILES string of the molecule is C=CCN(C)C(=O)[C@H]1CN2CC[C@@H]1C[C@@H]2Cn1cc(-c2cccc(O)c2)nn1. The fourth-order valence-electron chi connectivity index (χ4n) is 4.58. The van der Waals surface area contributed by atoms with Crippen molar-refractivity contribution in [1.29, 1.82) is 0 Å². The van der Waals surface area contributed by atoms with Gasteiger partial charge in [0.25, 0.3) is 0 Å². The second-order valence-corrected chi connectivity index (χ2v) is 7.92.